The number of hydrogen-bond donors (Lipinski definition) is 2. The van der Waals surface area contributed by atoms with Crippen molar-refractivity contribution in [3.8, 4) is 11.3 Å². The summed E-state index contributed by atoms with van der Waals surface area (Å²) in [7, 11) is 5.50. The van der Waals surface area contributed by atoms with Crippen molar-refractivity contribution in [1.29, 1.82) is 0 Å². The van der Waals surface area contributed by atoms with Crippen LogP contribution in [-0.4, -0.2) is 206 Å². The van der Waals surface area contributed by atoms with Crippen LogP contribution in [0, 0.1) is 17.3 Å². The number of benzene rings is 1. The van der Waals surface area contributed by atoms with Crippen molar-refractivity contribution < 1.29 is 42.9 Å². The number of aryl methyl sites for hydroxylation is 1. The van der Waals surface area contributed by atoms with Crippen LogP contribution in [0.1, 0.15) is 91.0 Å². The van der Waals surface area contributed by atoms with Gasteiger partial charge in [-0.15, -0.1) is 0 Å². The lowest BCUT2D eigenvalue weighted by Crippen LogP contribution is -2.62. The number of amides is 5. The summed E-state index contributed by atoms with van der Waals surface area (Å²) in [6.07, 6.45) is 5.04. The number of rotatable bonds is 10. The Morgan fingerprint density at radius 2 is 1.74 bits per heavy atom. The fourth-order valence-corrected chi connectivity index (χ4v) is 13.1. The molecule has 9 rings (SSSR count). The van der Waals surface area contributed by atoms with Gasteiger partial charge in [0.2, 0.25) is 11.8 Å². The molecule has 0 aliphatic carbocycles. The molecule has 0 unspecified atom stereocenters. The molecule has 1 aromatic carbocycles. The summed E-state index contributed by atoms with van der Waals surface area (Å²) in [5.74, 6) is -2.66. The molecule has 2 aromatic heterocycles. The maximum atomic E-state index is 15.1. The molecule has 5 atom stereocenters. The molecule has 0 saturated carbocycles. The minimum Gasteiger partial charge on any atom is -0.465 e. The highest BCUT2D eigenvalue weighted by atomic mass is 32.1. The number of hydrogen-bond acceptors (Lipinski definition) is 14. The van der Waals surface area contributed by atoms with Gasteiger partial charge in [-0.2, -0.15) is 0 Å². The fraction of sp³-hybridized carbons (Fsp3) is 0.644. The predicted molar refractivity (Wildman–Crippen MR) is 311 cm³/mol. The number of cyclic esters (lactones) is 1. The number of thiocarbonyl (C=S) groups is 1. The Bertz CT molecular complexity index is 2810. The second-order valence-corrected chi connectivity index (χ2v) is 24.4. The average molecular weight is 1120 g/mol. The Kier molecular flexibility index (Phi) is 18.1. The minimum atomic E-state index is -1.10. The molecule has 6 bridgehead atoms. The Labute approximate surface area is 477 Å². The van der Waals surface area contributed by atoms with Crippen LogP contribution in [0.4, 0.5) is 16.2 Å². The first-order valence-corrected chi connectivity index (χ1v) is 29.3. The summed E-state index contributed by atoms with van der Waals surface area (Å²) in [4.78, 5) is 88.4. The van der Waals surface area contributed by atoms with Gasteiger partial charge < -0.3 is 58.2 Å². The van der Waals surface area contributed by atoms with Crippen LogP contribution in [-0.2, 0) is 51.1 Å². The minimum absolute atomic E-state index is 0.115. The molecule has 20 nitrogen and oxygen atoms in total. The van der Waals surface area contributed by atoms with E-state index in [1.165, 1.54) is 16.0 Å². The third-order valence-corrected chi connectivity index (χ3v) is 17.8. The highest BCUT2D eigenvalue weighted by molar-refractivity contribution is 7.80. The molecule has 6 aliphatic heterocycles. The molecule has 5 saturated heterocycles. The lowest BCUT2D eigenvalue weighted by atomic mass is 9.84. The number of pyridine rings is 1. The van der Waals surface area contributed by atoms with Crippen LogP contribution >= 0.6 is 12.2 Å². The van der Waals surface area contributed by atoms with E-state index in [1.807, 2.05) is 27.0 Å². The highest BCUT2D eigenvalue weighted by Crippen LogP contribution is 2.43. The van der Waals surface area contributed by atoms with Crippen LogP contribution in [0.15, 0.2) is 43.1 Å². The number of likely N-dealkylation sites (tertiary alicyclic amines) is 1. The monoisotopic (exact) mass is 1120 g/mol. The number of carbonyl (C=O) groups is 5. The summed E-state index contributed by atoms with van der Waals surface area (Å²) in [5, 5.41) is 5.60. The number of esters is 1. The van der Waals surface area contributed by atoms with E-state index in [4.69, 9.17) is 36.1 Å². The van der Waals surface area contributed by atoms with Crippen molar-refractivity contribution in [1.82, 2.24) is 44.9 Å². The number of piperazine rings is 1. The highest BCUT2D eigenvalue weighted by Gasteiger charge is 2.44. The number of hydrazine groups is 1. The van der Waals surface area contributed by atoms with E-state index >= 15 is 4.79 Å². The molecule has 6 aliphatic rings. The largest absolute Gasteiger partial charge is 0.465 e. The molecule has 8 heterocycles. The number of nitrogens with one attached hydrogen (secondary N) is 2. The third kappa shape index (κ3) is 12.5. The molecule has 80 heavy (non-hydrogen) atoms. The van der Waals surface area contributed by atoms with Crippen LogP contribution in [0.2, 0.25) is 0 Å². The number of ether oxygens (including phenoxy) is 4. The van der Waals surface area contributed by atoms with Gasteiger partial charge in [-0.05, 0) is 94.8 Å². The normalized spacial score (nSPS) is 23.9. The van der Waals surface area contributed by atoms with Crippen molar-refractivity contribution in [2.24, 2.45) is 17.3 Å². The number of morpholine rings is 2. The zero-order valence-corrected chi connectivity index (χ0v) is 49.4. The summed E-state index contributed by atoms with van der Waals surface area (Å²) in [6.45, 7) is 24.1. The summed E-state index contributed by atoms with van der Waals surface area (Å²) in [5.41, 5.74) is 9.12. The number of methoxy groups -OCH3 is 1. The van der Waals surface area contributed by atoms with Crippen molar-refractivity contribution in [3.05, 3.63) is 54.4 Å². The second kappa shape index (κ2) is 24.7. The number of nitrogens with zero attached hydrogens (tertiary/aromatic N) is 9. The topological polar surface area (TPSA) is 187 Å². The van der Waals surface area contributed by atoms with Gasteiger partial charge in [-0.25, -0.2) is 4.79 Å². The van der Waals surface area contributed by atoms with Gasteiger partial charge in [0, 0.05) is 120 Å². The molecule has 21 heteroatoms. The number of urea groups is 1. The van der Waals surface area contributed by atoms with E-state index < -0.39 is 52.9 Å². The standard InChI is InChI=1S/C59H85N11O9S/c1-11-49(71)68-27-29-79-59(36-68)17-20-66(21-18-59)57(75)64(9)51(38(3)4)53(72)61-47-32-42-35-67(26-28-77-42)40-15-16-48-44(30-40)46(33-58(6,7)37-78-56(74)43-14-13-19-70(55(47)73)62-54(43)80)52(69(48)12-2)45-31-41(34-60-50(45)39(5)76-10)65-24-22-63(8)23-25-65/h11,15-16,30-31,34,38-39,42-43,47,51H,1,12-14,17-29,32-33,35-37H2,2-10H3,(H,61,72)(H,62,80)/t39-,42-,43+,47-,51-/m0/s1. The number of piperidine rings is 1. The maximum Gasteiger partial charge on any atom is 0.320 e. The Morgan fingerprint density at radius 3 is 2.44 bits per heavy atom. The van der Waals surface area contributed by atoms with Gasteiger partial charge in [0.05, 0.1) is 67.4 Å². The molecule has 2 N–H and O–H groups in total. The van der Waals surface area contributed by atoms with Gasteiger partial charge >= 0.3 is 12.0 Å². The molecule has 1 spiro atoms. The first kappa shape index (κ1) is 58.8. The summed E-state index contributed by atoms with van der Waals surface area (Å²) >= 11 is 5.93. The third-order valence-electron chi connectivity index (χ3n) is 17.4. The molecule has 436 valence electrons. The Morgan fingerprint density at radius 1 is 0.988 bits per heavy atom. The van der Waals surface area contributed by atoms with E-state index in [1.54, 1.807) is 24.0 Å². The maximum absolute atomic E-state index is 15.1. The quantitative estimate of drug-likeness (QED) is 0.149. The molecule has 5 fully saturated rings. The fourth-order valence-electron chi connectivity index (χ4n) is 12.8. The van der Waals surface area contributed by atoms with Gasteiger partial charge in [0.15, 0.2) is 0 Å². The zero-order chi connectivity index (χ0) is 57.2. The number of carbonyl (C=O) groups excluding carboxylic acids is 5. The Hall–Kier alpha value is -5.87. The average Bonchev–Trinajstić information content (AvgIpc) is 3.64. The Balaban J connectivity index is 1.04. The van der Waals surface area contributed by atoms with Crippen molar-refractivity contribution in [3.63, 3.8) is 0 Å². The first-order valence-electron chi connectivity index (χ1n) is 28.9. The molecule has 5 amide bonds. The van der Waals surface area contributed by atoms with E-state index in [2.05, 4.69) is 88.7 Å². The lowest BCUT2D eigenvalue weighted by Gasteiger charge is -2.47. The summed E-state index contributed by atoms with van der Waals surface area (Å²) in [6, 6.07) is 6.54. The molecule has 3 aromatic rings. The predicted octanol–water partition coefficient (Wildman–Crippen LogP) is 5.41. The molecular weight excluding hydrogens is 1040 g/mol. The molecular formula is C59H85N11O9S. The van der Waals surface area contributed by atoms with Gasteiger partial charge in [-0.1, -0.05) is 46.5 Å². The number of fused-ring (bicyclic) bond motifs is 7. The van der Waals surface area contributed by atoms with E-state index in [0.717, 1.165) is 71.0 Å². The van der Waals surface area contributed by atoms with Crippen molar-refractivity contribution in [2.75, 3.05) is 123 Å². The van der Waals surface area contributed by atoms with Crippen molar-refractivity contribution in [2.45, 2.75) is 117 Å². The van der Waals surface area contributed by atoms with Crippen LogP contribution in [0.25, 0.3) is 22.2 Å². The second-order valence-electron chi connectivity index (χ2n) is 24.0. The molecule has 0 radical (unpaired) electrons. The first-order chi connectivity index (χ1) is 38.2. The van der Waals surface area contributed by atoms with E-state index in [9.17, 15) is 19.2 Å². The lowest BCUT2D eigenvalue weighted by molar-refractivity contribution is -0.154. The van der Waals surface area contributed by atoms with Crippen LogP contribution in [0.3, 0.4) is 0 Å². The number of likely N-dealkylation sites (N-methyl/N-ethyl adjacent to an activating group) is 2. The SMILES string of the molecule is C=CC(=O)N1CCOC2(CCN(C(=O)N(C)[C@H](C(=O)N[C@H]3C[C@H]4CN(CCO4)c4ccc5c(c4)c(c(-c4cc(N6CCN(C)CC6)cnc4[C@H](C)OC)n5CC)CC(C)(C)COC(=O)[C@@H]4CCCN(NC4=S)C3=O)C(C)C)CC2)C1. The van der Waals surface area contributed by atoms with Gasteiger partial charge in [0.1, 0.15) is 23.0 Å². The smallest absolute Gasteiger partial charge is 0.320 e. The van der Waals surface area contributed by atoms with Gasteiger partial charge in [-0.3, -0.25) is 34.6 Å². The van der Waals surface area contributed by atoms with Crippen LogP contribution < -0.4 is 20.5 Å². The number of anilines is 2. The zero-order valence-electron chi connectivity index (χ0n) is 48.6. The van der Waals surface area contributed by atoms with E-state index in [0.29, 0.717) is 91.1 Å². The van der Waals surface area contributed by atoms with Gasteiger partial charge in [0.25, 0.3) is 5.91 Å². The van der Waals surface area contributed by atoms with Crippen LogP contribution in [0.5, 0.6) is 0 Å². The van der Waals surface area contributed by atoms with Crippen molar-refractivity contribution >= 4 is 69.2 Å². The summed E-state index contributed by atoms with van der Waals surface area (Å²) < 4.78 is 27.4. The van der Waals surface area contributed by atoms with E-state index in [-0.39, 0.29) is 48.5 Å². The number of aromatic nitrogens is 2.